The van der Waals surface area contributed by atoms with Crippen LogP contribution in [0, 0.1) is 5.41 Å². The van der Waals surface area contributed by atoms with Crippen molar-refractivity contribution in [2.24, 2.45) is 5.41 Å². The molecule has 120 valence electrons. The Bertz CT molecular complexity index is 548. The highest BCUT2D eigenvalue weighted by Gasteiger charge is 2.22. The molecule has 1 aromatic carbocycles. The van der Waals surface area contributed by atoms with Gasteiger partial charge in [0, 0.05) is 6.04 Å². The Morgan fingerprint density at radius 3 is 2.38 bits per heavy atom. The fourth-order valence-electron chi connectivity index (χ4n) is 2.21. The molecule has 0 aliphatic heterocycles. The zero-order valence-corrected chi connectivity index (χ0v) is 14.5. The van der Waals surface area contributed by atoms with Crippen LogP contribution in [0.3, 0.4) is 0 Å². The minimum atomic E-state index is -3.35. The molecule has 0 saturated carbocycles. The Morgan fingerprint density at radius 1 is 1.19 bits per heavy atom. The highest BCUT2D eigenvalue weighted by Crippen LogP contribution is 2.25. The van der Waals surface area contributed by atoms with Crippen LogP contribution in [0.5, 0.6) is 0 Å². The summed E-state index contributed by atoms with van der Waals surface area (Å²) in [7, 11) is -3.35. The molecule has 0 saturated heterocycles. The normalized spacial score (nSPS) is 14.0. The van der Waals surface area contributed by atoms with Gasteiger partial charge in [0.15, 0.2) is 0 Å². The van der Waals surface area contributed by atoms with Gasteiger partial charge < -0.3 is 5.32 Å². The van der Waals surface area contributed by atoms with Crippen molar-refractivity contribution in [1.82, 2.24) is 5.32 Å². The molecular formula is C16H28N2O2S. The average molecular weight is 312 g/mol. The Kier molecular flexibility index (Phi) is 6.23. The van der Waals surface area contributed by atoms with Gasteiger partial charge in [0.1, 0.15) is 0 Å². The van der Waals surface area contributed by atoms with Gasteiger partial charge in [-0.1, -0.05) is 45.9 Å². The first-order chi connectivity index (χ1) is 9.64. The number of rotatable bonds is 7. The van der Waals surface area contributed by atoms with Crippen molar-refractivity contribution in [3.8, 4) is 0 Å². The second kappa shape index (κ2) is 7.27. The molecule has 0 aliphatic carbocycles. The maximum Gasteiger partial charge on any atom is 0.233 e. The standard InChI is InChI=1S/C16H28N2O2S/c1-6-11-17-13(2)14-9-7-8-10-15(14)18-21(19,20)12-16(3,4)5/h7-10,13,17-18H,6,11-12H2,1-5H3. The van der Waals surface area contributed by atoms with Crippen molar-refractivity contribution >= 4 is 15.7 Å². The predicted molar refractivity (Wildman–Crippen MR) is 90.0 cm³/mol. The van der Waals surface area contributed by atoms with Gasteiger partial charge in [-0.3, -0.25) is 4.72 Å². The highest BCUT2D eigenvalue weighted by atomic mass is 32.2. The minimum Gasteiger partial charge on any atom is -0.310 e. The number of sulfonamides is 1. The molecule has 1 atom stereocenters. The number of hydrogen-bond acceptors (Lipinski definition) is 3. The lowest BCUT2D eigenvalue weighted by Gasteiger charge is -2.22. The van der Waals surface area contributed by atoms with E-state index in [1.54, 1.807) is 0 Å². The van der Waals surface area contributed by atoms with E-state index in [2.05, 4.69) is 17.0 Å². The molecule has 4 nitrogen and oxygen atoms in total. The second-order valence-electron chi connectivity index (χ2n) is 6.68. The van der Waals surface area contributed by atoms with Gasteiger partial charge >= 0.3 is 0 Å². The SMILES string of the molecule is CCCNC(C)c1ccccc1NS(=O)(=O)CC(C)(C)C. The largest absolute Gasteiger partial charge is 0.310 e. The number of anilines is 1. The van der Waals surface area contributed by atoms with E-state index in [4.69, 9.17) is 0 Å². The third-order valence-electron chi connectivity index (χ3n) is 3.02. The molecule has 0 aliphatic rings. The van der Waals surface area contributed by atoms with E-state index in [9.17, 15) is 8.42 Å². The Morgan fingerprint density at radius 2 is 1.81 bits per heavy atom. The molecule has 0 amide bonds. The summed E-state index contributed by atoms with van der Waals surface area (Å²) < 4.78 is 27.3. The molecule has 1 aromatic rings. The molecule has 2 N–H and O–H groups in total. The Balaban J connectivity index is 2.94. The van der Waals surface area contributed by atoms with E-state index in [1.165, 1.54) is 0 Å². The van der Waals surface area contributed by atoms with Gasteiger partial charge in [-0.25, -0.2) is 8.42 Å². The molecule has 5 heteroatoms. The molecule has 0 spiro atoms. The summed E-state index contributed by atoms with van der Waals surface area (Å²) in [6.45, 7) is 10.8. The van der Waals surface area contributed by atoms with E-state index in [0.29, 0.717) is 5.69 Å². The van der Waals surface area contributed by atoms with Crippen molar-refractivity contribution in [3.05, 3.63) is 29.8 Å². The predicted octanol–water partition coefficient (Wildman–Crippen LogP) is 3.54. The molecule has 0 heterocycles. The summed E-state index contributed by atoms with van der Waals surface area (Å²) >= 11 is 0. The number of para-hydroxylation sites is 1. The van der Waals surface area contributed by atoms with Crippen LogP contribution >= 0.6 is 0 Å². The van der Waals surface area contributed by atoms with Crippen molar-refractivity contribution in [2.75, 3.05) is 17.0 Å². The smallest absolute Gasteiger partial charge is 0.233 e. The summed E-state index contributed by atoms with van der Waals surface area (Å²) in [5.74, 6) is 0.102. The molecule has 0 fully saturated rings. The lowest BCUT2D eigenvalue weighted by molar-refractivity contribution is 0.463. The van der Waals surface area contributed by atoms with Crippen LogP contribution in [0.25, 0.3) is 0 Å². The first kappa shape index (κ1) is 18.0. The first-order valence-corrected chi connectivity index (χ1v) is 9.12. The maximum absolute atomic E-state index is 12.3. The van der Waals surface area contributed by atoms with Crippen LogP contribution < -0.4 is 10.0 Å². The van der Waals surface area contributed by atoms with Crippen LogP contribution in [0.1, 0.15) is 52.6 Å². The van der Waals surface area contributed by atoms with Crippen molar-refractivity contribution in [3.63, 3.8) is 0 Å². The second-order valence-corrected chi connectivity index (χ2v) is 8.41. The van der Waals surface area contributed by atoms with E-state index < -0.39 is 10.0 Å². The van der Waals surface area contributed by atoms with Crippen LogP contribution in [0.15, 0.2) is 24.3 Å². The van der Waals surface area contributed by atoms with E-state index in [-0.39, 0.29) is 17.2 Å². The van der Waals surface area contributed by atoms with Gasteiger partial charge in [-0.05, 0) is 36.9 Å². The van der Waals surface area contributed by atoms with E-state index >= 15 is 0 Å². The van der Waals surface area contributed by atoms with E-state index in [0.717, 1.165) is 18.5 Å². The fourth-order valence-corrected chi connectivity index (χ4v) is 3.95. The van der Waals surface area contributed by atoms with Gasteiger partial charge in [0.05, 0.1) is 11.4 Å². The summed E-state index contributed by atoms with van der Waals surface area (Å²) in [6.07, 6.45) is 1.04. The van der Waals surface area contributed by atoms with Crippen LogP contribution in [-0.4, -0.2) is 20.7 Å². The van der Waals surface area contributed by atoms with Crippen molar-refractivity contribution in [2.45, 2.75) is 47.1 Å². The zero-order chi connectivity index (χ0) is 16.1. The van der Waals surface area contributed by atoms with Crippen LogP contribution in [0.4, 0.5) is 5.69 Å². The summed E-state index contributed by atoms with van der Waals surface area (Å²) in [5, 5.41) is 3.39. The van der Waals surface area contributed by atoms with Crippen molar-refractivity contribution < 1.29 is 8.42 Å². The van der Waals surface area contributed by atoms with E-state index in [1.807, 2.05) is 52.0 Å². The average Bonchev–Trinajstić information content (AvgIpc) is 2.33. The van der Waals surface area contributed by atoms with Crippen molar-refractivity contribution in [1.29, 1.82) is 0 Å². The highest BCUT2D eigenvalue weighted by molar-refractivity contribution is 7.92. The molecule has 0 aromatic heterocycles. The third kappa shape index (κ3) is 6.48. The first-order valence-electron chi connectivity index (χ1n) is 7.47. The monoisotopic (exact) mass is 312 g/mol. The van der Waals surface area contributed by atoms with Gasteiger partial charge in [0.25, 0.3) is 0 Å². The van der Waals surface area contributed by atoms with Gasteiger partial charge in [0.2, 0.25) is 10.0 Å². The molecule has 1 unspecified atom stereocenters. The summed E-state index contributed by atoms with van der Waals surface area (Å²) in [5.41, 5.74) is 1.37. The third-order valence-corrected chi connectivity index (χ3v) is 4.79. The van der Waals surface area contributed by atoms with Gasteiger partial charge in [-0.15, -0.1) is 0 Å². The zero-order valence-electron chi connectivity index (χ0n) is 13.7. The van der Waals surface area contributed by atoms with Crippen LogP contribution in [0.2, 0.25) is 0 Å². The number of benzene rings is 1. The Labute approximate surface area is 129 Å². The number of hydrogen-bond donors (Lipinski definition) is 2. The fraction of sp³-hybridized carbons (Fsp3) is 0.625. The minimum absolute atomic E-state index is 0.102. The lowest BCUT2D eigenvalue weighted by Crippen LogP contribution is -2.27. The quantitative estimate of drug-likeness (QED) is 0.809. The molecule has 21 heavy (non-hydrogen) atoms. The van der Waals surface area contributed by atoms with Crippen LogP contribution in [-0.2, 0) is 10.0 Å². The topological polar surface area (TPSA) is 58.2 Å². The van der Waals surface area contributed by atoms with Gasteiger partial charge in [-0.2, -0.15) is 0 Å². The summed E-state index contributed by atoms with van der Waals surface area (Å²) in [4.78, 5) is 0. The number of nitrogens with one attached hydrogen (secondary N) is 2. The molecule has 0 bridgehead atoms. The molecule has 0 radical (unpaired) electrons. The summed E-state index contributed by atoms with van der Waals surface area (Å²) in [6, 6.07) is 7.67. The lowest BCUT2D eigenvalue weighted by atomic mass is 10.0. The Hall–Kier alpha value is -1.07. The maximum atomic E-state index is 12.3. The molecular weight excluding hydrogens is 284 g/mol. The molecule has 1 rings (SSSR count).